The van der Waals surface area contributed by atoms with Gasteiger partial charge in [-0.05, 0) is 103 Å². The fourth-order valence-electron chi connectivity index (χ4n) is 7.60. The molecule has 0 bridgehead atoms. The van der Waals surface area contributed by atoms with Crippen LogP contribution in [0.1, 0.15) is 11.1 Å². The third-order valence-corrected chi connectivity index (χ3v) is 9.94. The predicted octanol–water partition coefficient (Wildman–Crippen LogP) is 11.9. The van der Waals surface area contributed by atoms with Crippen molar-refractivity contribution in [2.45, 2.75) is 6.42 Å². The Labute approximate surface area is 297 Å². The summed E-state index contributed by atoms with van der Waals surface area (Å²) >= 11 is 0. The molecule has 0 spiro atoms. The summed E-state index contributed by atoms with van der Waals surface area (Å²) < 4.78 is 2.25. The molecule has 9 aromatic rings. The molecule has 0 fully saturated rings. The maximum absolute atomic E-state index is 6.39. The Bertz CT molecular complexity index is 2700. The molecule has 3 nitrogen and oxygen atoms in total. The van der Waals surface area contributed by atoms with Crippen LogP contribution in [0.15, 0.2) is 188 Å². The summed E-state index contributed by atoms with van der Waals surface area (Å²) in [6.45, 7) is 0. The molecule has 0 aliphatic carbocycles. The lowest BCUT2D eigenvalue weighted by molar-refractivity contribution is 1.14. The van der Waals surface area contributed by atoms with Crippen molar-refractivity contribution in [2.75, 3.05) is 0 Å². The number of para-hydroxylation sites is 1. The Morgan fingerprint density at radius 2 is 1.16 bits per heavy atom. The molecule has 51 heavy (non-hydrogen) atoms. The number of hydrogen-bond donors (Lipinski definition) is 1. The van der Waals surface area contributed by atoms with E-state index in [9.17, 15) is 0 Å². The number of allylic oxidation sites excluding steroid dienone is 3. The highest BCUT2D eigenvalue weighted by molar-refractivity contribution is 6.19. The van der Waals surface area contributed by atoms with Crippen LogP contribution in [-0.4, -0.2) is 9.55 Å². The van der Waals surface area contributed by atoms with E-state index in [4.69, 9.17) is 10.7 Å². The third-order valence-electron chi connectivity index (χ3n) is 9.94. The lowest BCUT2D eigenvalue weighted by Gasteiger charge is -2.18. The van der Waals surface area contributed by atoms with Crippen LogP contribution in [0.2, 0.25) is 0 Å². The fourth-order valence-corrected chi connectivity index (χ4v) is 7.60. The van der Waals surface area contributed by atoms with Crippen LogP contribution in [0.3, 0.4) is 0 Å². The van der Waals surface area contributed by atoms with E-state index in [0.29, 0.717) is 0 Å². The molecule has 2 aromatic heterocycles. The largest absolute Gasteiger partial charge is 0.404 e. The van der Waals surface area contributed by atoms with E-state index >= 15 is 0 Å². The predicted molar refractivity (Wildman–Crippen MR) is 216 cm³/mol. The minimum atomic E-state index is 0.796. The van der Waals surface area contributed by atoms with Crippen LogP contribution < -0.4 is 5.73 Å². The van der Waals surface area contributed by atoms with Gasteiger partial charge in [-0.3, -0.25) is 4.57 Å². The first-order valence-electron chi connectivity index (χ1n) is 17.4. The maximum Gasteiger partial charge on any atom is 0.145 e. The molecule has 0 aliphatic rings. The summed E-state index contributed by atoms with van der Waals surface area (Å²) in [5.74, 6) is 0. The Morgan fingerprint density at radius 1 is 0.549 bits per heavy atom. The zero-order chi connectivity index (χ0) is 34.1. The number of rotatable bonds is 7. The van der Waals surface area contributed by atoms with Crippen molar-refractivity contribution >= 4 is 49.1 Å². The molecule has 0 unspecified atom stereocenters. The minimum absolute atomic E-state index is 0.796. The van der Waals surface area contributed by atoms with Gasteiger partial charge in [-0.25, -0.2) is 4.98 Å². The van der Waals surface area contributed by atoms with Crippen LogP contribution in [-0.2, 0) is 6.42 Å². The number of fused-ring (bicyclic) bond motifs is 5. The highest BCUT2D eigenvalue weighted by Crippen LogP contribution is 2.42. The minimum Gasteiger partial charge on any atom is -0.404 e. The topological polar surface area (TPSA) is 43.8 Å². The standard InChI is InChI=1S/C48H35N3/c49-32-37(47-41-21-9-7-19-39(41)46(35-14-3-1-4-15-35)40-20-8-10-22-42(40)47)16-11-13-33-24-26-34(27-25-33)36-28-29-45-44(31-36)43-23-12-30-50-48(43)51(45)38-17-5-2-6-18-38/h1-12,14-32H,13,49H2/b16-11-,37-32+. The second-order valence-electron chi connectivity index (χ2n) is 12.9. The zero-order valence-electron chi connectivity index (χ0n) is 28.1. The highest BCUT2D eigenvalue weighted by Gasteiger charge is 2.17. The van der Waals surface area contributed by atoms with Crippen molar-refractivity contribution in [2.24, 2.45) is 5.73 Å². The van der Waals surface area contributed by atoms with E-state index in [0.717, 1.165) is 39.8 Å². The van der Waals surface area contributed by atoms with Gasteiger partial charge in [0.15, 0.2) is 0 Å². The smallest absolute Gasteiger partial charge is 0.145 e. The van der Waals surface area contributed by atoms with Crippen LogP contribution in [0.4, 0.5) is 0 Å². The van der Waals surface area contributed by atoms with E-state index in [1.165, 1.54) is 54.7 Å². The van der Waals surface area contributed by atoms with Gasteiger partial charge in [-0.15, -0.1) is 0 Å². The van der Waals surface area contributed by atoms with Gasteiger partial charge >= 0.3 is 0 Å². The first-order chi connectivity index (χ1) is 25.3. The first-order valence-corrected chi connectivity index (χ1v) is 17.4. The molecule has 0 radical (unpaired) electrons. The van der Waals surface area contributed by atoms with E-state index in [2.05, 4.69) is 168 Å². The Morgan fingerprint density at radius 3 is 1.84 bits per heavy atom. The van der Waals surface area contributed by atoms with Crippen molar-refractivity contribution < 1.29 is 0 Å². The van der Waals surface area contributed by atoms with Gasteiger partial charge in [-0.2, -0.15) is 0 Å². The normalized spacial score (nSPS) is 12.1. The molecule has 0 amide bonds. The van der Waals surface area contributed by atoms with Gasteiger partial charge < -0.3 is 5.73 Å². The summed E-state index contributed by atoms with van der Waals surface area (Å²) in [7, 11) is 0. The van der Waals surface area contributed by atoms with Crippen molar-refractivity contribution in [1.29, 1.82) is 0 Å². The summed E-state index contributed by atoms with van der Waals surface area (Å²) in [6, 6.07) is 58.3. The van der Waals surface area contributed by atoms with Crippen LogP contribution in [0.5, 0.6) is 0 Å². The highest BCUT2D eigenvalue weighted by atomic mass is 15.0. The monoisotopic (exact) mass is 653 g/mol. The number of pyridine rings is 1. The van der Waals surface area contributed by atoms with Gasteiger partial charge in [0, 0.05) is 28.9 Å². The lowest BCUT2D eigenvalue weighted by Crippen LogP contribution is -1.95. The second kappa shape index (κ2) is 13.0. The second-order valence-corrected chi connectivity index (χ2v) is 12.9. The summed E-state index contributed by atoms with van der Waals surface area (Å²) in [5, 5.41) is 7.18. The Kier molecular flexibility index (Phi) is 7.71. The van der Waals surface area contributed by atoms with Gasteiger partial charge in [0.2, 0.25) is 0 Å². The molecule has 7 aromatic carbocycles. The summed E-state index contributed by atoms with van der Waals surface area (Å²) in [6.07, 6.45) is 8.81. The molecule has 2 N–H and O–H groups in total. The van der Waals surface area contributed by atoms with E-state index < -0.39 is 0 Å². The van der Waals surface area contributed by atoms with Gasteiger partial charge in [0.05, 0.1) is 5.52 Å². The molecule has 0 atom stereocenters. The van der Waals surface area contributed by atoms with Crippen molar-refractivity contribution in [3.8, 4) is 27.9 Å². The van der Waals surface area contributed by atoms with E-state index in [1.807, 2.05) is 18.3 Å². The maximum atomic E-state index is 6.39. The SMILES string of the molecule is N/C=C(\C=C/Cc1ccc(-c2ccc3c(c2)c2cccnc2n3-c2ccccc2)cc1)c1c2ccccc2c(-c2ccccc2)c2ccccc12. The zero-order valence-corrected chi connectivity index (χ0v) is 28.1. The number of hydrogen-bond acceptors (Lipinski definition) is 2. The number of aromatic nitrogens is 2. The summed E-state index contributed by atoms with van der Waals surface area (Å²) in [4.78, 5) is 4.77. The van der Waals surface area contributed by atoms with Gasteiger partial charge in [0.1, 0.15) is 5.65 Å². The molecule has 2 heterocycles. The van der Waals surface area contributed by atoms with Gasteiger partial charge in [0.25, 0.3) is 0 Å². The number of benzene rings is 7. The molecule has 3 heteroatoms. The van der Waals surface area contributed by atoms with Crippen LogP contribution in [0, 0.1) is 0 Å². The van der Waals surface area contributed by atoms with E-state index in [-0.39, 0.29) is 0 Å². The molecular weight excluding hydrogens is 619 g/mol. The average molecular weight is 654 g/mol. The number of nitrogens with zero attached hydrogens (tertiary/aromatic N) is 2. The van der Waals surface area contributed by atoms with Crippen LogP contribution >= 0.6 is 0 Å². The third kappa shape index (κ3) is 5.36. The molecule has 0 saturated carbocycles. The Balaban J connectivity index is 1.02. The molecule has 0 saturated heterocycles. The van der Waals surface area contributed by atoms with Crippen molar-refractivity contribution in [1.82, 2.24) is 9.55 Å². The van der Waals surface area contributed by atoms with Crippen molar-refractivity contribution in [3.63, 3.8) is 0 Å². The van der Waals surface area contributed by atoms with E-state index in [1.54, 1.807) is 6.20 Å². The molecule has 0 aliphatic heterocycles. The number of nitrogens with two attached hydrogens (primary N) is 1. The average Bonchev–Trinajstić information content (AvgIpc) is 3.53. The molecule has 242 valence electrons. The lowest BCUT2D eigenvalue weighted by atomic mass is 9.86. The summed E-state index contributed by atoms with van der Waals surface area (Å²) in [5.41, 5.74) is 17.9. The first kappa shape index (κ1) is 30.4. The molecular formula is C48H35N3. The van der Waals surface area contributed by atoms with Crippen molar-refractivity contribution in [3.05, 3.63) is 199 Å². The Hall–Kier alpha value is -6.71. The molecule has 9 rings (SSSR count). The quantitative estimate of drug-likeness (QED) is 0.137. The van der Waals surface area contributed by atoms with Crippen LogP contribution in [0.25, 0.3) is 77.0 Å². The van der Waals surface area contributed by atoms with Gasteiger partial charge in [-0.1, -0.05) is 140 Å². The fraction of sp³-hybridized carbons (Fsp3) is 0.0208.